The van der Waals surface area contributed by atoms with E-state index in [0.29, 0.717) is 5.75 Å². The minimum Gasteiger partial charge on any atom is -0.497 e. The maximum atomic E-state index is 13.7. The number of ether oxygens (including phenoxy) is 2. The van der Waals surface area contributed by atoms with Crippen LogP contribution in [0.15, 0.2) is 48.7 Å². The SMILES string of the molecule is COc1ccc(NC(=O)c2cnc3ccccc3c2C(F)(F)F)c(OC)c1. The molecule has 0 aliphatic rings. The van der Waals surface area contributed by atoms with Gasteiger partial charge in [0.15, 0.2) is 0 Å². The van der Waals surface area contributed by atoms with E-state index < -0.39 is 23.2 Å². The lowest BCUT2D eigenvalue weighted by Gasteiger charge is -2.16. The van der Waals surface area contributed by atoms with Crippen LogP contribution in [0, 0.1) is 0 Å². The van der Waals surface area contributed by atoms with Crippen LogP contribution in [-0.2, 0) is 6.18 Å². The molecule has 0 bridgehead atoms. The first-order chi connectivity index (χ1) is 12.8. The zero-order valence-electron chi connectivity index (χ0n) is 14.4. The molecule has 5 nitrogen and oxygen atoms in total. The van der Waals surface area contributed by atoms with E-state index in [2.05, 4.69) is 10.3 Å². The zero-order valence-corrected chi connectivity index (χ0v) is 14.4. The van der Waals surface area contributed by atoms with Gasteiger partial charge >= 0.3 is 6.18 Å². The highest BCUT2D eigenvalue weighted by Crippen LogP contribution is 2.37. The van der Waals surface area contributed by atoms with Crippen molar-refractivity contribution in [3.63, 3.8) is 0 Å². The number of amides is 1. The van der Waals surface area contributed by atoms with Gasteiger partial charge in [0.1, 0.15) is 11.5 Å². The lowest BCUT2D eigenvalue weighted by Crippen LogP contribution is -2.20. The number of benzene rings is 2. The van der Waals surface area contributed by atoms with E-state index in [1.807, 2.05) is 0 Å². The summed E-state index contributed by atoms with van der Waals surface area (Å²) in [5.41, 5.74) is -1.23. The first-order valence-electron chi connectivity index (χ1n) is 7.83. The van der Waals surface area contributed by atoms with Crippen LogP contribution in [-0.4, -0.2) is 25.1 Å². The van der Waals surface area contributed by atoms with Crippen LogP contribution in [0.1, 0.15) is 15.9 Å². The third kappa shape index (κ3) is 3.64. The summed E-state index contributed by atoms with van der Waals surface area (Å²) in [5.74, 6) is -0.206. The van der Waals surface area contributed by atoms with Crippen LogP contribution < -0.4 is 14.8 Å². The molecular formula is C19H15F3N2O3. The van der Waals surface area contributed by atoms with Crippen molar-refractivity contribution in [2.75, 3.05) is 19.5 Å². The van der Waals surface area contributed by atoms with Gasteiger partial charge in [-0.25, -0.2) is 0 Å². The summed E-state index contributed by atoms with van der Waals surface area (Å²) in [6.07, 6.45) is -3.80. The van der Waals surface area contributed by atoms with Crippen molar-refractivity contribution in [2.24, 2.45) is 0 Å². The Bertz CT molecular complexity index is 1000. The number of methoxy groups -OCH3 is 2. The molecule has 0 spiro atoms. The highest BCUT2D eigenvalue weighted by molar-refractivity contribution is 6.08. The molecule has 1 amide bonds. The Morgan fingerprint density at radius 3 is 2.48 bits per heavy atom. The third-order valence-electron chi connectivity index (χ3n) is 3.96. The standard InChI is InChI=1S/C19H15F3N2O3/c1-26-11-7-8-15(16(9-11)27-2)24-18(25)13-10-23-14-6-4-3-5-12(14)17(13)19(20,21)22/h3-10H,1-2H3,(H,24,25). The average Bonchev–Trinajstić information content (AvgIpc) is 2.66. The van der Waals surface area contributed by atoms with Crippen LogP contribution in [0.4, 0.5) is 18.9 Å². The molecule has 0 unspecified atom stereocenters. The minimum absolute atomic E-state index is 0.139. The van der Waals surface area contributed by atoms with Gasteiger partial charge in [0.2, 0.25) is 0 Å². The van der Waals surface area contributed by atoms with E-state index in [1.165, 1.54) is 44.6 Å². The fraction of sp³-hybridized carbons (Fsp3) is 0.158. The molecule has 2 aromatic carbocycles. The normalized spacial score (nSPS) is 11.3. The molecule has 0 radical (unpaired) electrons. The highest BCUT2D eigenvalue weighted by atomic mass is 19.4. The number of pyridine rings is 1. The number of fused-ring (bicyclic) bond motifs is 1. The molecule has 0 aliphatic heterocycles. The van der Waals surface area contributed by atoms with Crippen molar-refractivity contribution in [3.05, 3.63) is 59.8 Å². The summed E-state index contributed by atoms with van der Waals surface area (Å²) in [4.78, 5) is 16.6. The molecule has 1 aromatic heterocycles. The summed E-state index contributed by atoms with van der Waals surface area (Å²) in [6, 6.07) is 10.3. The molecule has 3 rings (SSSR count). The largest absolute Gasteiger partial charge is 0.497 e. The van der Waals surface area contributed by atoms with E-state index in [1.54, 1.807) is 12.1 Å². The lowest BCUT2D eigenvalue weighted by atomic mass is 10.0. The number of rotatable bonds is 4. The number of anilines is 1. The molecule has 0 saturated heterocycles. The maximum Gasteiger partial charge on any atom is 0.417 e. The zero-order chi connectivity index (χ0) is 19.6. The Labute approximate surface area is 152 Å². The molecule has 1 N–H and O–H groups in total. The van der Waals surface area contributed by atoms with Gasteiger partial charge in [0.05, 0.1) is 36.6 Å². The van der Waals surface area contributed by atoms with Crippen LogP contribution in [0.25, 0.3) is 10.9 Å². The predicted molar refractivity (Wildman–Crippen MR) is 94.2 cm³/mol. The van der Waals surface area contributed by atoms with Crippen molar-refractivity contribution in [3.8, 4) is 11.5 Å². The minimum atomic E-state index is -4.72. The molecule has 0 atom stereocenters. The number of alkyl halides is 3. The number of hydrogen-bond donors (Lipinski definition) is 1. The number of hydrogen-bond acceptors (Lipinski definition) is 4. The first kappa shape index (κ1) is 18.5. The number of aromatic nitrogens is 1. The van der Waals surface area contributed by atoms with Gasteiger partial charge in [-0.3, -0.25) is 9.78 Å². The number of nitrogens with zero attached hydrogens (tertiary/aromatic N) is 1. The number of carbonyl (C=O) groups excluding carboxylic acids is 1. The van der Waals surface area contributed by atoms with Crippen molar-refractivity contribution in [2.45, 2.75) is 6.18 Å². The summed E-state index contributed by atoms with van der Waals surface area (Å²) in [7, 11) is 2.84. The highest BCUT2D eigenvalue weighted by Gasteiger charge is 2.37. The van der Waals surface area contributed by atoms with Crippen LogP contribution in [0.2, 0.25) is 0 Å². The molecule has 3 aromatic rings. The average molecular weight is 376 g/mol. The molecule has 1 heterocycles. The second kappa shape index (κ2) is 7.14. The Kier molecular flexibility index (Phi) is 4.89. The third-order valence-corrected chi connectivity index (χ3v) is 3.96. The van der Waals surface area contributed by atoms with Gasteiger partial charge in [-0.05, 0) is 18.2 Å². The maximum absolute atomic E-state index is 13.7. The summed E-state index contributed by atoms with van der Waals surface area (Å²) >= 11 is 0. The van der Waals surface area contributed by atoms with E-state index in [0.717, 1.165) is 6.20 Å². The quantitative estimate of drug-likeness (QED) is 0.727. The molecular weight excluding hydrogens is 361 g/mol. The first-order valence-corrected chi connectivity index (χ1v) is 7.83. The van der Waals surface area contributed by atoms with E-state index in [-0.39, 0.29) is 22.3 Å². The van der Waals surface area contributed by atoms with Crippen LogP contribution in [0.3, 0.4) is 0 Å². The number of carbonyl (C=O) groups is 1. The van der Waals surface area contributed by atoms with E-state index in [4.69, 9.17) is 9.47 Å². The fourth-order valence-electron chi connectivity index (χ4n) is 2.71. The van der Waals surface area contributed by atoms with Gasteiger partial charge in [0.25, 0.3) is 5.91 Å². The molecule has 27 heavy (non-hydrogen) atoms. The topological polar surface area (TPSA) is 60.5 Å². The predicted octanol–water partition coefficient (Wildman–Crippen LogP) is 4.52. The van der Waals surface area contributed by atoms with Crippen molar-refractivity contribution in [1.82, 2.24) is 4.98 Å². The van der Waals surface area contributed by atoms with Crippen molar-refractivity contribution in [1.29, 1.82) is 0 Å². The molecule has 0 saturated carbocycles. The van der Waals surface area contributed by atoms with Gasteiger partial charge in [-0.2, -0.15) is 13.2 Å². The lowest BCUT2D eigenvalue weighted by molar-refractivity contribution is -0.136. The van der Waals surface area contributed by atoms with Gasteiger partial charge in [0, 0.05) is 17.6 Å². The summed E-state index contributed by atoms with van der Waals surface area (Å²) in [6.45, 7) is 0. The van der Waals surface area contributed by atoms with Crippen molar-refractivity contribution >= 4 is 22.5 Å². The smallest absolute Gasteiger partial charge is 0.417 e. The Morgan fingerprint density at radius 1 is 1.07 bits per heavy atom. The van der Waals surface area contributed by atoms with E-state index >= 15 is 0 Å². The molecule has 0 fully saturated rings. The Hall–Kier alpha value is -3.29. The number of nitrogens with one attached hydrogen (secondary N) is 1. The van der Waals surface area contributed by atoms with Crippen molar-refractivity contribution < 1.29 is 27.4 Å². The molecule has 0 aliphatic carbocycles. The Balaban J connectivity index is 2.07. The van der Waals surface area contributed by atoms with E-state index in [9.17, 15) is 18.0 Å². The summed E-state index contributed by atoms with van der Waals surface area (Å²) < 4.78 is 51.2. The van der Waals surface area contributed by atoms with Gasteiger partial charge in [-0.1, -0.05) is 18.2 Å². The fourth-order valence-corrected chi connectivity index (χ4v) is 2.71. The second-order valence-electron chi connectivity index (χ2n) is 5.58. The second-order valence-corrected chi connectivity index (χ2v) is 5.58. The monoisotopic (exact) mass is 376 g/mol. The summed E-state index contributed by atoms with van der Waals surface area (Å²) in [5, 5.41) is 2.31. The molecule has 8 heteroatoms. The van der Waals surface area contributed by atoms with Gasteiger partial charge < -0.3 is 14.8 Å². The van der Waals surface area contributed by atoms with Crippen LogP contribution in [0.5, 0.6) is 11.5 Å². The van der Waals surface area contributed by atoms with Gasteiger partial charge in [-0.15, -0.1) is 0 Å². The number of para-hydroxylation sites is 1. The molecule has 140 valence electrons. The Morgan fingerprint density at radius 2 is 1.81 bits per heavy atom. The number of halogens is 3. The van der Waals surface area contributed by atoms with Crippen LogP contribution >= 0.6 is 0 Å².